The van der Waals surface area contributed by atoms with E-state index < -0.39 is 48.0 Å². The summed E-state index contributed by atoms with van der Waals surface area (Å²) in [5.41, 5.74) is -0.408. The van der Waals surface area contributed by atoms with E-state index in [2.05, 4.69) is 9.97 Å². The van der Waals surface area contributed by atoms with E-state index in [1.807, 2.05) is 6.07 Å². The molecule has 1 aliphatic heterocycles. The van der Waals surface area contributed by atoms with Crippen molar-refractivity contribution in [2.75, 3.05) is 6.61 Å². The zero-order valence-electron chi connectivity index (χ0n) is 16.3. The summed E-state index contributed by atoms with van der Waals surface area (Å²) in [5, 5.41) is 9.42. The molecule has 2 aromatic rings. The first-order chi connectivity index (χ1) is 14.2. The molecule has 158 valence electrons. The minimum absolute atomic E-state index is 0.0250. The van der Waals surface area contributed by atoms with Gasteiger partial charge in [0.15, 0.2) is 24.1 Å². The largest absolute Gasteiger partial charge is 0.463 e. The molecule has 0 amide bonds. The van der Waals surface area contributed by atoms with Gasteiger partial charge < -0.3 is 28.5 Å². The Kier molecular flexibility index (Phi) is 5.84. The number of carbonyl (C=O) groups is 3. The molecule has 0 saturated carbocycles. The molecule has 0 aliphatic carbocycles. The number of rotatable bonds is 5. The Morgan fingerprint density at radius 1 is 1.20 bits per heavy atom. The Morgan fingerprint density at radius 2 is 1.87 bits per heavy atom. The maximum absolute atomic E-state index is 12.2. The average molecular weight is 418 g/mol. The predicted molar refractivity (Wildman–Crippen MR) is 96.7 cm³/mol. The van der Waals surface area contributed by atoms with Crippen molar-refractivity contribution in [1.82, 2.24) is 14.5 Å². The summed E-state index contributed by atoms with van der Waals surface area (Å²) in [7, 11) is 0. The minimum Gasteiger partial charge on any atom is -0.463 e. The van der Waals surface area contributed by atoms with Gasteiger partial charge in [-0.2, -0.15) is 5.26 Å². The van der Waals surface area contributed by atoms with E-state index >= 15 is 0 Å². The Hall–Kier alpha value is -3.72. The van der Waals surface area contributed by atoms with Crippen LogP contribution in [0.25, 0.3) is 11.0 Å². The van der Waals surface area contributed by atoms with E-state index in [1.54, 1.807) is 0 Å². The van der Waals surface area contributed by atoms with Crippen molar-refractivity contribution in [1.29, 1.82) is 5.26 Å². The molecule has 3 heterocycles. The van der Waals surface area contributed by atoms with Crippen LogP contribution in [0, 0.1) is 11.3 Å². The van der Waals surface area contributed by atoms with E-state index in [1.165, 1.54) is 31.5 Å². The third-order valence-corrected chi connectivity index (χ3v) is 4.35. The number of fused-ring (bicyclic) bond motifs is 1. The molecule has 0 bridgehead atoms. The smallest absolute Gasteiger partial charge is 0.303 e. The second-order valence-electron chi connectivity index (χ2n) is 6.51. The summed E-state index contributed by atoms with van der Waals surface area (Å²) in [4.78, 5) is 53.3. The zero-order valence-corrected chi connectivity index (χ0v) is 16.3. The van der Waals surface area contributed by atoms with E-state index in [9.17, 15) is 24.4 Å². The van der Waals surface area contributed by atoms with Crippen molar-refractivity contribution >= 4 is 28.9 Å². The maximum Gasteiger partial charge on any atom is 0.303 e. The second-order valence-corrected chi connectivity index (χ2v) is 6.51. The van der Waals surface area contributed by atoms with E-state index in [-0.39, 0.29) is 23.2 Å². The fourth-order valence-corrected chi connectivity index (χ4v) is 3.29. The van der Waals surface area contributed by atoms with Crippen molar-refractivity contribution in [3.63, 3.8) is 0 Å². The summed E-state index contributed by atoms with van der Waals surface area (Å²) in [6, 6.07) is 1.91. The van der Waals surface area contributed by atoms with Crippen LogP contribution in [0.1, 0.15) is 32.6 Å². The van der Waals surface area contributed by atoms with Crippen LogP contribution >= 0.6 is 0 Å². The molecule has 0 aromatic carbocycles. The quantitative estimate of drug-likeness (QED) is 0.513. The van der Waals surface area contributed by atoms with Gasteiger partial charge in [-0.25, -0.2) is 4.98 Å². The molecular weight excluding hydrogens is 400 g/mol. The van der Waals surface area contributed by atoms with E-state index in [0.29, 0.717) is 0 Å². The molecule has 3 rings (SSSR count). The van der Waals surface area contributed by atoms with Crippen LogP contribution in [0.5, 0.6) is 0 Å². The number of esters is 3. The molecule has 1 fully saturated rings. The highest BCUT2D eigenvalue weighted by molar-refractivity contribution is 5.82. The van der Waals surface area contributed by atoms with Crippen LogP contribution < -0.4 is 5.56 Å². The van der Waals surface area contributed by atoms with Gasteiger partial charge in [0.1, 0.15) is 24.2 Å². The average Bonchev–Trinajstić information content (AvgIpc) is 3.19. The number of nitriles is 1. The summed E-state index contributed by atoms with van der Waals surface area (Å²) in [5.74, 6) is -1.93. The Labute approximate surface area is 169 Å². The molecular formula is C18H18N4O8. The maximum atomic E-state index is 12.2. The monoisotopic (exact) mass is 418 g/mol. The number of aromatic amines is 1. The van der Waals surface area contributed by atoms with Gasteiger partial charge in [-0.05, 0) is 0 Å². The summed E-state index contributed by atoms with van der Waals surface area (Å²) >= 11 is 0. The predicted octanol–water partition coefficient (Wildman–Crippen LogP) is -0.0798. The number of nitrogens with zero attached hydrogens (tertiary/aromatic N) is 3. The zero-order chi connectivity index (χ0) is 22.0. The van der Waals surface area contributed by atoms with Crippen molar-refractivity contribution in [2.45, 2.75) is 45.3 Å². The molecule has 12 heteroatoms. The minimum atomic E-state index is -1.16. The molecule has 0 spiro atoms. The highest BCUT2D eigenvalue weighted by atomic mass is 16.7. The molecule has 1 saturated heterocycles. The molecule has 12 nitrogen and oxygen atoms in total. The van der Waals surface area contributed by atoms with Crippen molar-refractivity contribution in [2.24, 2.45) is 0 Å². The first-order valence-electron chi connectivity index (χ1n) is 8.84. The van der Waals surface area contributed by atoms with E-state index in [4.69, 9.17) is 18.9 Å². The van der Waals surface area contributed by atoms with Crippen molar-refractivity contribution in [3.8, 4) is 6.07 Å². The van der Waals surface area contributed by atoms with Gasteiger partial charge in [-0.3, -0.25) is 19.2 Å². The van der Waals surface area contributed by atoms with Gasteiger partial charge in [0, 0.05) is 27.0 Å². The summed E-state index contributed by atoms with van der Waals surface area (Å²) < 4.78 is 22.9. The van der Waals surface area contributed by atoms with Gasteiger partial charge in [0.2, 0.25) is 0 Å². The first-order valence-corrected chi connectivity index (χ1v) is 8.84. The van der Waals surface area contributed by atoms with Gasteiger partial charge >= 0.3 is 17.9 Å². The summed E-state index contributed by atoms with van der Waals surface area (Å²) in [6.45, 7) is 3.26. The number of ether oxygens (including phenoxy) is 4. The number of H-pyrrole nitrogens is 1. The third-order valence-electron chi connectivity index (χ3n) is 4.35. The normalized spacial score (nSPS) is 23.0. The summed E-state index contributed by atoms with van der Waals surface area (Å²) in [6.07, 6.45) is -1.88. The van der Waals surface area contributed by atoms with E-state index in [0.717, 1.165) is 6.33 Å². The highest BCUT2D eigenvalue weighted by Crippen LogP contribution is 2.36. The molecule has 1 aliphatic rings. The molecule has 30 heavy (non-hydrogen) atoms. The Morgan fingerprint density at radius 3 is 2.47 bits per heavy atom. The lowest BCUT2D eigenvalue weighted by molar-refractivity contribution is -0.166. The van der Waals surface area contributed by atoms with Crippen LogP contribution in [0.4, 0.5) is 0 Å². The van der Waals surface area contributed by atoms with Gasteiger partial charge in [0.25, 0.3) is 5.56 Å². The fraction of sp³-hybridized carbons (Fsp3) is 0.444. The Balaban J connectivity index is 2.11. The lowest BCUT2D eigenvalue weighted by Crippen LogP contribution is -2.40. The molecule has 1 N–H and O–H groups in total. The first kappa shape index (κ1) is 21.0. The molecule has 4 atom stereocenters. The number of hydrogen-bond acceptors (Lipinski definition) is 10. The topological polar surface area (TPSA) is 163 Å². The Bertz CT molecular complexity index is 1100. The second kappa shape index (κ2) is 8.34. The molecule has 2 aromatic heterocycles. The fourth-order valence-electron chi connectivity index (χ4n) is 3.29. The molecule has 0 radical (unpaired) electrons. The highest BCUT2D eigenvalue weighted by Gasteiger charge is 2.51. The van der Waals surface area contributed by atoms with Crippen LogP contribution in [0.15, 0.2) is 17.3 Å². The van der Waals surface area contributed by atoms with Crippen molar-refractivity contribution < 1.29 is 33.3 Å². The van der Waals surface area contributed by atoms with Crippen molar-refractivity contribution in [3.05, 3.63) is 28.4 Å². The molecule has 1 unspecified atom stereocenters. The van der Waals surface area contributed by atoms with Crippen LogP contribution in [-0.2, 0) is 33.3 Å². The lowest BCUT2D eigenvalue weighted by atomic mass is 10.1. The SMILES string of the molecule is CC(=O)OC[C@H]1OC(n2cc(C#N)c3c(=O)[nH]cnc32)[C@H](OC(C)=O)[C@@H]1OC(C)=O. The van der Waals surface area contributed by atoms with Gasteiger partial charge in [-0.15, -0.1) is 0 Å². The lowest BCUT2D eigenvalue weighted by Gasteiger charge is -2.24. The van der Waals surface area contributed by atoms with Crippen LogP contribution in [0.2, 0.25) is 0 Å². The van der Waals surface area contributed by atoms with Crippen LogP contribution in [0.3, 0.4) is 0 Å². The number of carbonyl (C=O) groups excluding carboxylic acids is 3. The number of hydrogen-bond donors (Lipinski definition) is 1. The third kappa shape index (κ3) is 4.01. The standard InChI is InChI=1S/C18H18N4O8/c1-8(23)27-6-12-14(28-9(2)24)15(29-10(3)25)18(30-12)22-5-11(4-19)13-16(22)20-7-21-17(13)26/h5,7,12,14-15,18H,6H2,1-3H3,(H,20,21,26)/t12-,14-,15-,18?/m1/s1. The van der Waals surface area contributed by atoms with Crippen LogP contribution in [-0.4, -0.2) is 57.4 Å². The number of aromatic nitrogens is 3. The van der Waals surface area contributed by atoms with Gasteiger partial charge in [0.05, 0.1) is 11.9 Å². The van der Waals surface area contributed by atoms with Gasteiger partial charge in [-0.1, -0.05) is 0 Å². The number of nitrogens with one attached hydrogen (secondary N) is 1.